The highest BCUT2D eigenvalue weighted by Crippen LogP contribution is 2.39. The van der Waals surface area contributed by atoms with Gasteiger partial charge in [0.15, 0.2) is 0 Å². The van der Waals surface area contributed by atoms with Gasteiger partial charge in [-0.1, -0.05) is 130 Å². The predicted octanol–water partition coefficient (Wildman–Crippen LogP) is 5.68. The number of rotatable bonds is 7. The zero-order chi connectivity index (χ0) is 25.0. The molecule has 0 heterocycles. The van der Waals surface area contributed by atoms with Crippen LogP contribution < -0.4 is 15.7 Å². The smallest absolute Gasteiger partial charge is 0.240 e. The van der Waals surface area contributed by atoms with E-state index in [9.17, 15) is 0 Å². The van der Waals surface area contributed by atoms with Crippen LogP contribution in [0.2, 0.25) is 0 Å². The SMILES string of the molecule is CC(C)(C)c1cccc2c1CCC(NCc1ccccc1)C2O[SiH](c1ccccc1)c1ccccc1. The molecule has 5 rings (SSSR count). The summed E-state index contributed by atoms with van der Waals surface area (Å²) in [7, 11) is -1.92. The summed E-state index contributed by atoms with van der Waals surface area (Å²) in [6.45, 7) is 7.82. The fraction of sp³-hybridized carbons (Fsp3) is 0.273. The Morgan fingerprint density at radius 2 is 1.33 bits per heavy atom. The molecule has 4 aromatic carbocycles. The van der Waals surface area contributed by atoms with Crippen molar-refractivity contribution in [3.05, 3.63) is 131 Å². The Morgan fingerprint density at radius 1 is 0.750 bits per heavy atom. The first-order chi connectivity index (χ1) is 17.5. The van der Waals surface area contributed by atoms with Gasteiger partial charge in [0.25, 0.3) is 0 Å². The van der Waals surface area contributed by atoms with Crippen LogP contribution in [0.3, 0.4) is 0 Å². The number of hydrogen-bond donors (Lipinski definition) is 1. The number of benzene rings is 4. The first-order valence-electron chi connectivity index (χ1n) is 13.2. The summed E-state index contributed by atoms with van der Waals surface area (Å²) in [5.74, 6) is 0. The lowest BCUT2D eigenvalue weighted by Gasteiger charge is -2.39. The van der Waals surface area contributed by atoms with Gasteiger partial charge in [-0.2, -0.15) is 0 Å². The van der Waals surface area contributed by atoms with Gasteiger partial charge in [-0.15, -0.1) is 0 Å². The maximum absolute atomic E-state index is 7.34. The van der Waals surface area contributed by atoms with E-state index in [1.807, 2.05) is 0 Å². The van der Waals surface area contributed by atoms with Crippen LogP contribution in [0.15, 0.2) is 109 Å². The molecule has 4 aromatic rings. The average molecular weight is 492 g/mol. The summed E-state index contributed by atoms with van der Waals surface area (Å²) in [5, 5.41) is 6.54. The van der Waals surface area contributed by atoms with E-state index < -0.39 is 9.04 Å². The molecule has 3 heteroatoms. The minimum atomic E-state index is -1.92. The molecule has 2 nitrogen and oxygen atoms in total. The number of hydrogen-bond acceptors (Lipinski definition) is 2. The Labute approximate surface area is 218 Å². The molecule has 1 N–H and O–H groups in total. The maximum atomic E-state index is 7.34. The summed E-state index contributed by atoms with van der Waals surface area (Å²) in [4.78, 5) is 0. The fourth-order valence-corrected chi connectivity index (χ4v) is 7.97. The monoisotopic (exact) mass is 491 g/mol. The third-order valence-electron chi connectivity index (χ3n) is 7.30. The Morgan fingerprint density at radius 3 is 1.92 bits per heavy atom. The van der Waals surface area contributed by atoms with Crippen molar-refractivity contribution in [1.29, 1.82) is 0 Å². The summed E-state index contributed by atoms with van der Waals surface area (Å²) in [6, 6.07) is 39.5. The third kappa shape index (κ3) is 5.54. The van der Waals surface area contributed by atoms with Crippen LogP contribution in [0, 0.1) is 0 Å². The predicted molar refractivity (Wildman–Crippen MR) is 154 cm³/mol. The van der Waals surface area contributed by atoms with Crippen molar-refractivity contribution >= 4 is 19.4 Å². The van der Waals surface area contributed by atoms with E-state index in [0.29, 0.717) is 0 Å². The van der Waals surface area contributed by atoms with E-state index in [-0.39, 0.29) is 17.6 Å². The second-order valence-electron chi connectivity index (χ2n) is 10.9. The standard InChI is InChI=1S/C33H37NOSi/c1-33(2,3)30-21-13-20-29-28(30)22-23-31(34-24-25-14-7-4-8-15-25)32(29)35-36(26-16-9-5-10-17-26)27-18-11-6-12-19-27/h4-21,31-32,34,36H,22-24H2,1-3H3. The Bertz CT molecular complexity index is 1210. The largest absolute Gasteiger partial charge is 0.402 e. The molecule has 0 aliphatic heterocycles. The van der Waals surface area contributed by atoms with Crippen LogP contribution in [0.1, 0.15) is 55.5 Å². The van der Waals surface area contributed by atoms with Gasteiger partial charge in [-0.05, 0) is 50.9 Å². The van der Waals surface area contributed by atoms with Crippen LogP contribution in [0.4, 0.5) is 0 Å². The molecule has 0 saturated heterocycles. The van der Waals surface area contributed by atoms with E-state index in [1.165, 1.54) is 32.6 Å². The molecule has 2 unspecified atom stereocenters. The first kappa shape index (κ1) is 24.7. The highest BCUT2D eigenvalue weighted by atomic mass is 28.3. The molecule has 0 saturated carbocycles. The lowest BCUT2D eigenvalue weighted by Crippen LogP contribution is -2.50. The van der Waals surface area contributed by atoms with Crippen molar-refractivity contribution in [3.63, 3.8) is 0 Å². The van der Waals surface area contributed by atoms with Crippen molar-refractivity contribution < 1.29 is 4.43 Å². The molecule has 1 aliphatic carbocycles. The molecule has 0 aromatic heterocycles. The van der Waals surface area contributed by atoms with Crippen molar-refractivity contribution in [2.45, 2.75) is 57.7 Å². The van der Waals surface area contributed by atoms with Gasteiger partial charge in [0.2, 0.25) is 9.04 Å². The first-order valence-corrected chi connectivity index (χ1v) is 14.8. The fourth-order valence-electron chi connectivity index (χ4n) is 5.49. The van der Waals surface area contributed by atoms with Gasteiger partial charge in [0, 0.05) is 12.6 Å². The maximum Gasteiger partial charge on any atom is 0.240 e. The second-order valence-corrected chi connectivity index (χ2v) is 13.3. The van der Waals surface area contributed by atoms with Crippen molar-refractivity contribution in [2.24, 2.45) is 0 Å². The van der Waals surface area contributed by atoms with Gasteiger partial charge < -0.3 is 9.74 Å². The van der Waals surface area contributed by atoms with Gasteiger partial charge in [-0.3, -0.25) is 0 Å². The molecular formula is C33H37NOSi. The van der Waals surface area contributed by atoms with Crippen LogP contribution in [-0.4, -0.2) is 15.1 Å². The van der Waals surface area contributed by atoms with E-state index in [4.69, 9.17) is 4.43 Å². The van der Waals surface area contributed by atoms with Crippen molar-refractivity contribution in [2.75, 3.05) is 0 Å². The second kappa shape index (κ2) is 11.0. The molecule has 36 heavy (non-hydrogen) atoms. The molecule has 0 bridgehead atoms. The summed E-state index contributed by atoms with van der Waals surface area (Å²) >= 11 is 0. The third-order valence-corrected chi connectivity index (χ3v) is 9.84. The highest BCUT2D eigenvalue weighted by Gasteiger charge is 2.35. The van der Waals surface area contributed by atoms with Gasteiger partial charge in [-0.25, -0.2) is 0 Å². The van der Waals surface area contributed by atoms with E-state index >= 15 is 0 Å². The van der Waals surface area contributed by atoms with Gasteiger partial charge >= 0.3 is 0 Å². The van der Waals surface area contributed by atoms with E-state index in [2.05, 4.69) is 135 Å². The summed E-state index contributed by atoms with van der Waals surface area (Å²) in [5.41, 5.74) is 5.72. The van der Waals surface area contributed by atoms with Crippen LogP contribution >= 0.6 is 0 Å². The van der Waals surface area contributed by atoms with Gasteiger partial charge in [0.1, 0.15) is 0 Å². The molecule has 0 amide bonds. The Hall–Kier alpha value is -2.98. The number of fused-ring (bicyclic) bond motifs is 1. The van der Waals surface area contributed by atoms with E-state index in [1.54, 1.807) is 0 Å². The topological polar surface area (TPSA) is 21.3 Å². The van der Waals surface area contributed by atoms with E-state index in [0.717, 1.165) is 19.4 Å². The lowest BCUT2D eigenvalue weighted by molar-refractivity contribution is 0.143. The minimum absolute atomic E-state index is 0.0110. The number of nitrogens with one attached hydrogen (secondary N) is 1. The van der Waals surface area contributed by atoms with Crippen molar-refractivity contribution in [3.8, 4) is 0 Å². The molecule has 0 spiro atoms. The Balaban J connectivity index is 1.54. The van der Waals surface area contributed by atoms with Crippen LogP contribution in [0.5, 0.6) is 0 Å². The molecular weight excluding hydrogens is 454 g/mol. The quantitative estimate of drug-likeness (QED) is 0.336. The molecule has 1 aliphatic rings. The normalized spacial score (nSPS) is 17.7. The lowest BCUT2D eigenvalue weighted by atomic mass is 9.76. The molecule has 184 valence electrons. The molecule has 2 atom stereocenters. The molecule has 0 radical (unpaired) electrons. The van der Waals surface area contributed by atoms with Gasteiger partial charge in [0.05, 0.1) is 6.10 Å². The summed E-state index contributed by atoms with van der Waals surface area (Å²) < 4.78 is 7.34. The van der Waals surface area contributed by atoms with Crippen molar-refractivity contribution in [1.82, 2.24) is 5.32 Å². The average Bonchev–Trinajstić information content (AvgIpc) is 2.91. The molecule has 0 fully saturated rings. The zero-order valence-corrected chi connectivity index (χ0v) is 22.8. The van der Waals surface area contributed by atoms with Crippen LogP contribution in [-0.2, 0) is 22.8 Å². The minimum Gasteiger partial charge on any atom is -0.402 e. The highest BCUT2D eigenvalue weighted by molar-refractivity contribution is 6.80. The Kier molecular flexibility index (Phi) is 7.52. The summed E-state index contributed by atoms with van der Waals surface area (Å²) in [6.07, 6.45) is 2.16. The van der Waals surface area contributed by atoms with Crippen LogP contribution in [0.25, 0.3) is 0 Å². The zero-order valence-electron chi connectivity index (χ0n) is 21.7.